The minimum atomic E-state index is -1.05. The topological polar surface area (TPSA) is 236 Å². The van der Waals surface area contributed by atoms with Crippen molar-refractivity contribution in [2.75, 3.05) is 29.6 Å². The van der Waals surface area contributed by atoms with Gasteiger partial charge in [-0.1, -0.05) is 24.0 Å². The van der Waals surface area contributed by atoms with E-state index in [1.54, 1.807) is 67.1 Å². The SMILES string of the molecule is COC(=O)[C@@H]1C[C@H](OC(C)=O)C[C@H](Oc2ccc(COC(=O)Nc3ccc(C#Cc4cc(NC(=O)NCc5ccn6ccnc6c5)ccc4-c4ccncc4)cc3)cc2NC(=O)CCN)O1. The molecular weight excluding hydrogens is 849 g/mol. The minimum absolute atomic E-state index is 0.0241. The molecule has 7 rings (SSSR count). The van der Waals surface area contributed by atoms with E-state index < -0.39 is 42.4 Å². The van der Waals surface area contributed by atoms with Gasteiger partial charge in [-0.2, -0.15) is 0 Å². The number of fused-ring (bicyclic) bond motifs is 1. The molecule has 6 aromatic rings. The van der Waals surface area contributed by atoms with Crippen LogP contribution in [0.4, 0.5) is 26.7 Å². The standard InChI is InChI=1S/C48H46N8O10/c1-30(57)64-38-26-42(46(59)62-2)66-45(27-38)65-41-12-6-33(23-40(41)55-44(58)13-17-49)29-63-48(61)54-36-8-4-31(5-9-36)3-7-35-25-37(10-11-39(35)34-14-18-50-19-15-34)53-47(60)52-28-32-16-21-56-22-20-51-43(56)24-32/h4-6,8-12,14-16,18-25,38,42,45H,13,17,26-29,49H2,1-2H3,(H,54,61)(H,55,58)(H2,52,53,60)/t38-,42-,45+/m0/s1. The molecule has 1 aliphatic heterocycles. The molecule has 1 saturated heterocycles. The number of rotatable bonds is 14. The van der Waals surface area contributed by atoms with Crippen LogP contribution >= 0.6 is 0 Å². The minimum Gasteiger partial charge on any atom is -0.467 e. The third-order valence-electron chi connectivity index (χ3n) is 10.0. The molecule has 66 heavy (non-hydrogen) atoms. The molecule has 6 N–H and O–H groups in total. The average Bonchev–Trinajstić information content (AvgIpc) is 3.79. The molecule has 0 saturated carbocycles. The van der Waals surface area contributed by atoms with Crippen molar-refractivity contribution in [3.05, 3.63) is 138 Å². The monoisotopic (exact) mass is 894 g/mol. The number of aromatic nitrogens is 3. The lowest BCUT2D eigenvalue weighted by Gasteiger charge is -2.33. The largest absolute Gasteiger partial charge is 0.467 e. The zero-order valence-corrected chi connectivity index (χ0v) is 35.9. The number of hydrogen-bond acceptors (Lipinski definition) is 13. The van der Waals surface area contributed by atoms with Crippen LogP contribution in [0.5, 0.6) is 5.75 Å². The van der Waals surface area contributed by atoms with Gasteiger partial charge in [-0.3, -0.25) is 19.9 Å². The lowest BCUT2D eigenvalue weighted by molar-refractivity contribution is -0.204. The molecular formula is C48H46N8O10. The maximum Gasteiger partial charge on any atom is 0.411 e. The van der Waals surface area contributed by atoms with E-state index in [4.69, 9.17) is 29.4 Å². The van der Waals surface area contributed by atoms with Crippen LogP contribution in [0.2, 0.25) is 0 Å². The summed E-state index contributed by atoms with van der Waals surface area (Å²) >= 11 is 0. The normalized spacial score (nSPS) is 15.3. The van der Waals surface area contributed by atoms with Gasteiger partial charge in [0.05, 0.1) is 12.8 Å². The molecule has 0 aliphatic carbocycles. The van der Waals surface area contributed by atoms with Crippen molar-refractivity contribution in [1.29, 1.82) is 0 Å². The lowest BCUT2D eigenvalue weighted by atomic mass is 10.00. The zero-order valence-electron chi connectivity index (χ0n) is 35.9. The Morgan fingerprint density at radius 3 is 2.42 bits per heavy atom. The maximum atomic E-state index is 12.9. The summed E-state index contributed by atoms with van der Waals surface area (Å²) in [5.41, 5.74) is 12.1. The van der Waals surface area contributed by atoms with E-state index in [2.05, 4.69) is 43.1 Å². The molecule has 3 aromatic carbocycles. The van der Waals surface area contributed by atoms with E-state index in [-0.39, 0.29) is 49.9 Å². The first-order valence-electron chi connectivity index (χ1n) is 20.8. The van der Waals surface area contributed by atoms with E-state index in [0.717, 1.165) is 22.3 Å². The Labute approximate surface area is 379 Å². The summed E-state index contributed by atoms with van der Waals surface area (Å²) in [4.78, 5) is 70.8. The Hall–Kier alpha value is -8.27. The smallest absolute Gasteiger partial charge is 0.411 e. The molecule has 0 unspecified atom stereocenters. The summed E-state index contributed by atoms with van der Waals surface area (Å²) in [7, 11) is 1.22. The summed E-state index contributed by atoms with van der Waals surface area (Å²) in [5, 5.41) is 11.2. The van der Waals surface area contributed by atoms with Crippen molar-refractivity contribution in [2.24, 2.45) is 5.73 Å². The molecule has 4 amide bonds. The van der Waals surface area contributed by atoms with Crippen molar-refractivity contribution in [1.82, 2.24) is 19.7 Å². The van der Waals surface area contributed by atoms with E-state index in [1.165, 1.54) is 14.0 Å². The summed E-state index contributed by atoms with van der Waals surface area (Å²) in [6.45, 7) is 1.50. The Bertz CT molecular complexity index is 2770. The third kappa shape index (κ3) is 12.7. The number of ether oxygens (including phenoxy) is 5. The van der Waals surface area contributed by atoms with Crippen LogP contribution in [0.25, 0.3) is 16.8 Å². The number of carbonyl (C=O) groups is 5. The van der Waals surface area contributed by atoms with Crippen molar-refractivity contribution in [3.63, 3.8) is 0 Å². The highest BCUT2D eigenvalue weighted by Gasteiger charge is 2.37. The van der Waals surface area contributed by atoms with Gasteiger partial charge in [0.1, 0.15) is 24.1 Å². The first kappa shape index (κ1) is 45.7. The highest BCUT2D eigenvalue weighted by atomic mass is 16.7. The van der Waals surface area contributed by atoms with Crippen LogP contribution in [0.15, 0.2) is 116 Å². The Kier molecular flexibility index (Phi) is 15.2. The number of imidazole rings is 1. The molecule has 3 atom stereocenters. The maximum absolute atomic E-state index is 12.9. The van der Waals surface area contributed by atoms with Crippen LogP contribution in [-0.4, -0.2) is 76.5 Å². The summed E-state index contributed by atoms with van der Waals surface area (Å²) in [6.07, 6.45) is 5.54. The van der Waals surface area contributed by atoms with Gasteiger partial charge < -0.3 is 49.8 Å². The van der Waals surface area contributed by atoms with Crippen LogP contribution < -0.4 is 31.7 Å². The van der Waals surface area contributed by atoms with Crippen LogP contribution in [0.1, 0.15) is 48.4 Å². The second kappa shape index (κ2) is 21.9. The van der Waals surface area contributed by atoms with E-state index in [1.807, 2.05) is 53.2 Å². The molecule has 18 nitrogen and oxygen atoms in total. The number of benzene rings is 3. The highest BCUT2D eigenvalue weighted by Crippen LogP contribution is 2.32. The fourth-order valence-electron chi connectivity index (χ4n) is 6.89. The van der Waals surface area contributed by atoms with E-state index in [9.17, 15) is 24.0 Å². The fourth-order valence-corrected chi connectivity index (χ4v) is 6.89. The number of nitrogens with one attached hydrogen (secondary N) is 4. The second-order valence-corrected chi connectivity index (χ2v) is 14.9. The molecule has 0 spiro atoms. The van der Waals surface area contributed by atoms with Crippen molar-refractivity contribution in [3.8, 4) is 28.7 Å². The van der Waals surface area contributed by atoms with Crippen LogP contribution in [0, 0.1) is 11.8 Å². The molecule has 3 aromatic heterocycles. The number of carbonyl (C=O) groups excluding carboxylic acids is 5. The number of hydrogen-bond donors (Lipinski definition) is 5. The molecule has 338 valence electrons. The number of esters is 2. The average molecular weight is 895 g/mol. The van der Waals surface area contributed by atoms with Crippen molar-refractivity contribution >= 4 is 52.7 Å². The lowest BCUT2D eigenvalue weighted by Crippen LogP contribution is -2.44. The Morgan fingerprint density at radius 1 is 0.848 bits per heavy atom. The van der Waals surface area contributed by atoms with Crippen molar-refractivity contribution < 1.29 is 47.7 Å². The Balaban J connectivity index is 0.976. The number of pyridine rings is 2. The van der Waals surface area contributed by atoms with Gasteiger partial charge >= 0.3 is 24.1 Å². The number of nitrogens with zero attached hydrogens (tertiary/aromatic N) is 3. The first-order chi connectivity index (χ1) is 32.0. The van der Waals surface area contributed by atoms with Gasteiger partial charge in [0.25, 0.3) is 0 Å². The second-order valence-electron chi connectivity index (χ2n) is 14.9. The van der Waals surface area contributed by atoms with Crippen molar-refractivity contribution in [2.45, 2.75) is 57.8 Å². The van der Waals surface area contributed by atoms with Crippen LogP contribution in [0.3, 0.4) is 0 Å². The summed E-state index contributed by atoms with van der Waals surface area (Å²) in [5.74, 6) is 5.01. The molecule has 18 heteroatoms. The number of amides is 4. The predicted molar refractivity (Wildman–Crippen MR) is 242 cm³/mol. The molecule has 0 bridgehead atoms. The van der Waals surface area contributed by atoms with Gasteiger partial charge in [0.15, 0.2) is 6.10 Å². The molecule has 1 aliphatic rings. The zero-order chi connectivity index (χ0) is 46.4. The molecule has 0 radical (unpaired) electrons. The highest BCUT2D eigenvalue weighted by molar-refractivity contribution is 5.93. The number of urea groups is 1. The third-order valence-corrected chi connectivity index (χ3v) is 10.0. The number of nitrogens with two attached hydrogens (primary N) is 1. The quantitative estimate of drug-likeness (QED) is 0.0470. The number of anilines is 3. The molecule has 1 fully saturated rings. The van der Waals surface area contributed by atoms with Crippen LogP contribution in [-0.2, 0) is 46.5 Å². The summed E-state index contributed by atoms with van der Waals surface area (Å²) < 4.78 is 29.4. The predicted octanol–water partition coefficient (Wildman–Crippen LogP) is 6.14. The Morgan fingerprint density at radius 2 is 1.65 bits per heavy atom. The van der Waals surface area contributed by atoms with E-state index >= 15 is 0 Å². The number of methoxy groups -OCH3 is 1. The summed E-state index contributed by atoms with van der Waals surface area (Å²) in [6, 6.07) is 24.3. The van der Waals surface area contributed by atoms with Gasteiger partial charge in [0.2, 0.25) is 12.2 Å². The molecule has 4 heterocycles. The van der Waals surface area contributed by atoms with Gasteiger partial charge in [-0.25, -0.2) is 19.4 Å². The van der Waals surface area contributed by atoms with Gasteiger partial charge in [0, 0.05) is 92.8 Å². The van der Waals surface area contributed by atoms with E-state index in [0.29, 0.717) is 34.6 Å². The fraction of sp³-hybridized carbons (Fsp3) is 0.229. The first-order valence-corrected chi connectivity index (χ1v) is 20.8. The van der Waals surface area contributed by atoms with Gasteiger partial charge in [-0.05, 0) is 95.1 Å². The van der Waals surface area contributed by atoms with Gasteiger partial charge in [-0.15, -0.1) is 0 Å².